The number of carbonyl (C=O) groups excluding carboxylic acids is 2. The van der Waals surface area contributed by atoms with Gasteiger partial charge >= 0.3 is 5.97 Å². The highest BCUT2D eigenvalue weighted by atomic mass is 32.2. The molecule has 0 aliphatic carbocycles. The molecule has 0 radical (unpaired) electrons. The molecule has 29 heavy (non-hydrogen) atoms. The monoisotopic (exact) mass is 419 g/mol. The van der Waals surface area contributed by atoms with E-state index in [9.17, 15) is 14.0 Å². The largest absolute Gasteiger partial charge is 0.453 e. The normalized spacial score (nSPS) is 11.8. The minimum absolute atomic E-state index is 0.150. The number of carbonyl (C=O) groups is 2. The molecule has 0 bridgehead atoms. The van der Waals surface area contributed by atoms with E-state index in [1.807, 2.05) is 20.1 Å². The van der Waals surface area contributed by atoms with Crippen LogP contribution in [-0.2, 0) is 27.2 Å². The third-order valence-electron chi connectivity index (χ3n) is 4.47. The fraction of sp³-hybridized carbons (Fsp3) is 0.429. The lowest BCUT2D eigenvalue weighted by Gasteiger charge is -2.14. The summed E-state index contributed by atoms with van der Waals surface area (Å²) in [6, 6.07) is 6.10. The van der Waals surface area contributed by atoms with Crippen molar-refractivity contribution in [2.24, 2.45) is 0 Å². The number of hydrogen-bond acceptors (Lipinski definition) is 6. The van der Waals surface area contributed by atoms with Gasteiger partial charge in [-0.1, -0.05) is 23.9 Å². The van der Waals surface area contributed by atoms with Gasteiger partial charge in [0, 0.05) is 24.4 Å². The Morgan fingerprint density at radius 3 is 2.34 bits per heavy atom. The maximum absolute atomic E-state index is 12.9. The van der Waals surface area contributed by atoms with Crippen molar-refractivity contribution >= 4 is 23.6 Å². The molecule has 0 aliphatic rings. The maximum Gasteiger partial charge on any atom is 0.306 e. The molecule has 2 rings (SSSR count). The molecular weight excluding hydrogens is 393 g/mol. The van der Waals surface area contributed by atoms with Crippen LogP contribution in [0.5, 0.6) is 0 Å². The lowest BCUT2D eigenvalue weighted by atomic mass is 10.1. The highest BCUT2D eigenvalue weighted by Gasteiger charge is 2.18. The number of amides is 1. The second-order valence-electron chi connectivity index (χ2n) is 6.66. The zero-order valence-electron chi connectivity index (χ0n) is 17.1. The molecule has 0 fully saturated rings. The predicted molar refractivity (Wildman–Crippen MR) is 110 cm³/mol. The summed E-state index contributed by atoms with van der Waals surface area (Å²) in [5, 5.41) is 3.43. The van der Waals surface area contributed by atoms with Crippen molar-refractivity contribution in [1.82, 2.24) is 15.3 Å². The molecule has 8 heteroatoms. The first-order valence-corrected chi connectivity index (χ1v) is 10.6. The van der Waals surface area contributed by atoms with Crippen molar-refractivity contribution in [2.75, 3.05) is 12.8 Å². The molecule has 2 aromatic rings. The number of esters is 1. The Balaban J connectivity index is 1.76. The summed E-state index contributed by atoms with van der Waals surface area (Å²) in [4.78, 5) is 33.0. The van der Waals surface area contributed by atoms with E-state index in [1.54, 1.807) is 12.1 Å². The fourth-order valence-corrected chi connectivity index (χ4v) is 3.28. The molecule has 0 saturated carbocycles. The van der Waals surface area contributed by atoms with Gasteiger partial charge in [-0.2, -0.15) is 0 Å². The number of nitrogens with zero attached hydrogens (tertiary/aromatic N) is 2. The van der Waals surface area contributed by atoms with E-state index in [0.717, 1.165) is 22.5 Å². The first-order valence-electron chi connectivity index (χ1n) is 9.40. The summed E-state index contributed by atoms with van der Waals surface area (Å²) in [6.07, 6.45) is 2.21. The number of rotatable bonds is 9. The van der Waals surface area contributed by atoms with Gasteiger partial charge in [-0.05, 0) is 63.1 Å². The van der Waals surface area contributed by atoms with Crippen molar-refractivity contribution in [1.29, 1.82) is 0 Å². The Bertz CT molecular complexity index is 836. The van der Waals surface area contributed by atoms with Crippen LogP contribution in [0.4, 0.5) is 4.39 Å². The van der Waals surface area contributed by atoms with Gasteiger partial charge in [-0.15, -0.1) is 0 Å². The van der Waals surface area contributed by atoms with Crippen molar-refractivity contribution in [3.8, 4) is 0 Å². The summed E-state index contributed by atoms with van der Waals surface area (Å²) in [7, 11) is 0. The lowest BCUT2D eigenvalue weighted by molar-refractivity contribution is -0.154. The molecule has 0 unspecified atom stereocenters. The number of ether oxygens (including phenoxy) is 1. The molecule has 6 nitrogen and oxygen atoms in total. The van der Waals surface area contributed by atoms with Crippen LogP contribution in [-0.4, -0.2) is 40.7 Å². The minimum atomic E-state index is -0.881. The molecule has 1 aromatic heterocycles. The van der Waals surface area contributed by atoms with Crippen LogP contribution >= 0.6 is 11.8 Å². The molecule has 0 saturated heterocycles. The SMILES string of the molecule is CSc1nc(C)c(CCC(=O)O[C@H](C)C(=O)NCCc2ccc(F)cc2)c(C)n1. The van der Waals surface area contributed by atoms with Gasteiger partial charge in [-0.25, -0.2) is 14.4 Å². The summed E-state index contributed by atoms with van der Waals surface area (Å²) < 4.78 is 18.1. The third kappa shape index (κ3) is 7.12. The van der Waals surface area contributed by atoms with E-state index in [-0.39, 0.29) is 18.1 Å². The number of benzene rings is 1. The average molecular weight is 420 g/mol. The Labute approximate surface area is 174 Å². The second kappa shape index (κ2) is 10.9. The van der Waals surface area contributed by atoms with Crippen LogP contribution in [0.15, 0.2) is 29.4 Å². The molecule has 156 valence electrons. The summed E-state index contributed by atoms with van der Waals surface area (Å²) in [5.74, 6) is -1.10. The number of nitrogens with one attached hydrogen (secondary N) is 1. The van der Waals surface area contributed by atoms with Crippen LogP contribution in [0.1, 0.15) is 35.9 Å². The summed E-state index contributed by atoms with van der Waals surface area (Å²) in [6.45, 7) is 5.71. The Kier molecular flexibility index (Phi) is 8.57. The molecule has 1 heterocycles. The van der Waals surface area contributed by atoms with Gasteiger partial charge in [0.2, 0.25) is 0 Å². The van der Waals surface area contributed by atoms with Gasteiger partial charge in [0.15, 0.2) is 11.3 Å². The fourth-order valence-electron chi connectivity index (χ4n) is 2.82. The standard InChI is InChI=1S/C21H26FN3O3S/c1-13-18(14(2)25-21(24-13)29-4)9-10-19(26)28-15(3)20(27)23-12-11-16-5-7-17(22)8-6-16/h5-8,15H,9-12H2,1-4H3,(H,23,27)/t15-/m1/s1. The van der Waals surface area contributed by atoms with Crippen LogP contribution in [0, 0.1) is 19.7 Å². The topological polar surface area (TPSA) is 81.2 Å². The Morgan fingerprint density at radius 1 is 1.14 bits per heavy atom. The van der Waals surface area contributed by atoms with Gasteiger partial charge < -0.3 is 10.1 Å². The molecule has 1 atom stereocenters. The smallest absolute Gasteiger partial charge is 0.306 e. The van der Waals surface area contributed by atoms with E-state index in [2.05, 4.69) is 15.3 Å². The summed E-state index contributed by atoms with van der Waals surface area (Å²) >= 11 is 1.47. The Hall–Kier alpha value is -2.48. The van der Waals surface area contributed by atoms with Crippen LogP contribution in [0.2, 0.25) is 0 Å². The minimum Gasteiger partial charge on any atom is -0.453 e. The van der Waals surface area contributed by atoms with E-state index in [4.69, 9.17) is 4.74 Å². The van der Waals surface area contributed by atoms with Gasteiger partial charge in [-0.3, -0.25) is 9.59 Å². The zero-order valence-corrected chi connectivity index (χ0v) is 17.9. The number of hydrogen-bond donors (Lipinski definition) is 1. The molecule has 1 aromatic carbocycles. The zero-order chi connectivity index (χ0) is 21.4. The molecule has 0 spiro atoms. The number of aryl methyl sites for hydroxylation is 2. The molecule has 1 amide bonds. The van der Waals surface area contributed by atoms with E-state index in [1.165, 1.54) is 30.8 Å². The van der Waals surface area contributed by atoms with Crippen molar-refractivity contribution in [3.05, 3.63) is 52.6 Å². The summed E-state index contributed by atoms with van der Waals surface area (Å²) in [5.41, 5.74) is 3.54. The lowest BCUT2D eigenvalue weighted by Crippen LogP contribution is -2.37. The molecular formula is C21H26FN3O3S. The van der Waals surface area contributed by atoms with E-state index in [0.29, 0.717) is 24.5 Å². The predicted octanol–water partition coefficient (Wildman–Crippen LogP) is 3.18. The number of thioether (sulfide) groups is 1. The van der Waals surface area contributed by atoms with Crippen LogP contribution in [0.25, 0.3) is 0 Å². The highest BCUT2D eigenvalue weighted by molar-refractivity contribution is 7.98. The number of aromatic nitrogens is 2. The van der Waals surface area contributed by atoms with Crippen LogP contribution in [0.3, 0.4) is 0 Å². The molecule has 1 N–H and O–H groups in total. The van der Waals surface area contributed by atoms with Crippen molar-refractivity contribution < 1.29 is 18.7 Å². The average Bonchev–Trinajstić information content (AvgIpc) is 2.68. The first-order chi connectivity index (χ1) is 13.8. The van der Waals surface area contributed by atoms with Crippen molar-refractivity contribution in [3.63, 3.8) is 0 Å². The van der Waals surface area contributed by atoms with Gasteiger partial charge in [0.05, 0.1) is 0 Å². The van der Waals surface area contributed by atoms with Gasteiger partial charge in [0.1, 0.15) is 5.82 Å². The van der Waals surface area contributed by atoms with E-state index < -0.39 is 12.1 Å². The van der Waals surface area contributed by atoms with Crippen LogP contribution < -0.4 is 5.32 Å². The maximum atomic E-state index is 12.9. The first kappa shape index (κ1) is 22.8. The number of halogens is 1. The Morgan fingerprint density at radius 2 is 1.76 bits per heavy atom. The van der Waals surface area contributed by atoms with Crippen molar-refractivity contribution in [2.45, 2.75) is 51.3 Å². The third-order valence-corrected chi connectivity index (χ3v) is 5.01. The second-order valence-corrected chi connectivity index (χ2v) is 7.43. The quantitative estimate of drug-likeness (QED) is 0.382. The van der Waals surface area contributed by atoms with E-state index >= 15 is 0 Å². The van der Waals surface area contributed by atoms with Gasteiger partial charge in [0.25, 0.3) is 5.91 Å². The highest BCUT2D eigenvalue weighted by Crippen LogP contribution is 2.17. The molecule has 0 aliphatic heterocycles.